The lowest BCUT2D eigenvalue weighted by Gasteiger charge is -2.06. The van der Waals surface area contributed by atoms with Gasteiger partial charge in [-0.1, -0.05) is 15.9 Å². The molecular formula is C8H6BrF2NO2. The zero-order chi connectivity index (χ0) is 10.6. The van der Waals surface area contributed by atoms with E-state index in [1.165, 1.54) is 12.1 Å². The van der Waals surface area contributed by atoms with Crippen LogP contribution in [0, 0.1) is 0 Å². The highest BCUT2D eigenvalue weighted by Gasteiger charge is 2.06. The molecule has 0 aliphatic rings. The van der Waals surface area contributed by atoms with Crippen LogP contribution in [0.3, 0.4) is 0 Å². The van der Waals surface area contributed by atoms with Crippen molar-refractivity contribution in [3.05, 3.63) is 22.7 Å². The van der Waals surface area contributed by atoms with Crippen molar-refractivity contribution in [3.63, 3.8) is 0 Å². The number of rotatable bonds is 4. The van der Waals surface area contributed by atoms with Gasteiger partial charge in [-0.15, -0.1) is 0 Å². The Balaban J connectivity index is 2.88. The average molecular weight is 266 g/mol. The number of hydrogen-bond acceptors (Lipinski definition) is 2. The molecule has 1 N–H and O–H groups in total. The molecule has 0 radical (unpaired) electrons. The molecule has 0 atom stereocenters. The van der Waals surface area contributed by atoms with E-state index in [0.717, 1.165) is 0 Å². The third kappa shape index (κ3) is 3.29. The lowest BCUT2D eigenvalue weighted by molar-refractivity contribution is -0.105. The van der Waals surface area contributed by atoms with Gasteiger partial charge in [0.15, 0.2) is 0 Å². The molecule has 1 rings (SSSR count). The number of hydrogen-bond donors (Lipinski definition) is 1. The van der Waals surface area contributed by atoms with Crippen molar-refractivity contribution in [2.45, 2.75) is 6.61 Å². The van der Waals surface area contributed by atoms with Gasteiger partial charge in [0, 0.05) is 16.2 Å². The number of halogens is 3. The molecule has 14 heavy (non-hydrogen) atoms. The molecule has 0 bridgehead atoms. The number of carbonyl (C=O) groups is 1. The first-order valence-corrected chi connectivity index (χ1v) is 4.36. The van der Waals surface area contributed by atoms with Gasteiger partial charge >= 0.3 is 6.61 Å². The first-order chi connectivity index (χ1) is 6.61. The molecule has 0 aliphatic heterocycles. The summed E-state index contributed by atoms with van der Waals surface area (Å²) in [6.07, 6.45) is 0.452. The largest absolute Gasteiger partial charge is 0.435 e. The van der Waals surface area contributed by atoms with Crippen LogP contribution < -0.4 is 10.1 Å². The standard InChI is InChI=1S/C8H6BrF2NO2/c9-5-1-6(12-4-13)3-7(2-5)14-8(10)11/h1-4,8H,(H,12,13). The van der Waals surface area contributed by atoms with Gasteiger partial charge in [0.25, 0.3) is 0 Å². The minimum Gasteiger partial charge on any atom is -0.435 e. The highest BCUT2D eigenvalue weighted by atomic mass is 79.9. The minimum atomic E-state index is -2.88. The molecule has 0 heterocycles. The zero-order valence-electron chi connectivity index (χ0n) is 6.84. The van der Waals surface area contributed by atoms with Crippen LogP contribution in [0.2, 0.25) is 0 Å². The minimum absolute atomic E-state index is 0.0151. The topological polar surface area (TPSA) is 38.3 Å². The summed E-state index contributed by atoms with van der Waals surface area (Å²) in [5, 5.41) is 2.33. The monoisotopic (exact) mass is 265 g/mol. The first kappa shape index (κ1) is 10.9. The Hall–Kier alpha value is -1.17. The number of benzene rings is 1. The molecule has 1 amide bonds. The molecule has 0 saturated heterocycles. The van der Waals surface area contributed by atoms with Crippen molar-refractivity contribution in [1.29, 1.82) is 0 Å². The van der Waals surface area contributed by atoms with Crippen molar-refractivity contribution in [2.75, 3.05) is 5.32 Å². The lowest BCUT2D eigenvalue weighted by atomic mass is 10.3. The smallest absolute Gasteiger partial charge is 0.387 e. The van der Waals surface area contributed by atoms with Crippen LogP contribution in [-0.4, -0.2) is 13.0 Å². The van der Waals surface area contributed by atoms with Gasteiger partial charge < -0.3 is 10.1 Å². The number of carbonyl (C=O) groups excluding carboxylic acids is 1. The normalized spacial score (nSPS) is 10.0. The Kier molecular flexibility index (Phi) is 3.82. The Morgan fingerprint density at radius 1 is 1.43 bits per heavy atom. The molecule has 76 valence electrons. The Labute approximate surface area is 87.2 Å². The van der Waals surface area contributed by atoms with Gasteiger partial charge in [-0.3, -0.25) is 4.79 Å². The highest BCUT2D eigenvalue weighted by molar-refractivity contribution is 9.10. The van der Waals surface area contributed by atoms with Crippen LogP contribution in [0.15, 0.2) is 22.7 Å². The number of ether oxygens (including phenoxy) is 1. The van der Waals surface area contributed by atoms with Gasteiger partial charge in [0.2, 0.25) is 6.41 Å². The van der Waals surface area contributed by atoms with Crippen molar-refractivity contribution in [1.82, 2.24) is 0 Å². The summed E-state index contributed by atoms with van der Waals surface area (Å²) >= 11 is 3.09. The van der Waals surface area contributed by atoms with Crippen LogP contribution in [-0.2, 0) is 4.79 Å². The molecule has 1 aromatic rings. The maximum atomic E-state index is 11.8. The van der Waals surface area contributed by atoms with Gasteiger partial charge in [-0.25, -0.2) is 0 Å². The molecule has 3 nitrogen and oxygen atoms in total. The summed E-state index contributed by atoms with van der Waals surface area (Å²) in [6.45, 7) is -2.88. The van der Waals surface area contributed by atoms with Crippen LogP contribution in [0.5, 0.6) is 5.75 Å². The summed E-state index contributed by atoms with van der Waals surface area (Å²) < 4.78 is 28.4. The van der Waals surface area contributed by atoms with Crippen LogP contribution in [0.25, 0.3) is 0 Å². The number of nitrogens with one attached hydrogen (secondary N) is 1. The second kappa shape index (κ2) is 4.90. The third-order valence-electron chi connectivity index (χ3n) is 1.32. The van der Waals surface area contributed by atoms with Gasteiger partial charge in [-0.2, -0.15) is 8.78 Å². The van der Waals surface area contributed by atoms with Gasteiger partial charge in [0.05, 0.1) is 0 Å². The number of alkyl halides is 2. The van der Waals surface area contributed by atoms with Crippen LogP contribution in [0.1, 0.15) is 0 Å². The van der Waals surface area contributed by atoms with E-state index >= 15 is 0 Å². The first-order valence-electron chi connectivity index (χ1n) is 3.57. The van der Waals surface area contributed by atoms with E-state index in [-0.39, 0.29) is 5.75 Å². The van der Waals surface area contributed by atoms with E-state index in [4.69, 9.17) is 0 Å². The Morgan fingerprint density at radius 3 is 2.71 bits per heavy atom. The average Bonchev–Trinajstić information content (AvgIpc) is 2.01. The van der Waals surface area contributed by atoms with E-state index in [0.29, 0.717) is 16.6 Å². The zero-order valence-corrected chi connectivity index (χ0v) is 8.42. The van der Waals surface area contributed by atoms with E-state index in [2.05, 4.69) is 26.0 Å². The van der Waals surface area contributed by atoms with Crippen LogP contribution >= 0.6 is 15.9 Å². The molecule has 0 unspecified atom stereocenters. The maximum absolute atomic E-state index is 11.8. The molecule has 1 aromatic carbocycles. The quantitative estimate of drug-likeness (QED) is 0.850. The van der Waals surface area contributed by atoms with Crippen LogP contribution in [0.4, 0.5) is 14.5 Å². The SMILES string of the molecule is O=CNc1cc(Br)cc(OC(F)F)c1. The molecular weight excluding hydrogens is 260 g/mol. The predicted molar refractivity (Wildman–Crippen MR) is 50.5 cm³/mol. The Morgan fingerprint density at radius 2 is 2.14 bits per heavy atom. The van der Waals surface area contributed by atoms with Gasteiger partial charge in [-0.05, 0) is 12.1 Å². The van der Waals surface area contributed by atoms with E-state index < -0.39 is 6.61 Å². The molecule has 0 aliphatic carbocycles. The lowest BCUT2D eigenvalue weighted by Crippen LogP contribution is -2.02. The summed E-state index contributed by atoms with van der Waals surface area (Å²) in [5.41, 5.74) is 0.380. The molecule has 6 heteroatoms. The molecule has 0 spiro atoms. The molecule has 0 fully saturated rings. The second-order valence-electron chi connectivity index (χ2n) is 2.32. The fourth-order valence-electron chi connectivity index (χ4n) is 0.885. The summed E-state index contributed by atoms with van der Waals surface area (Å²) in [4.78, 5) is 10.1. The summed E-state index contributed by atoms with van der Waals surface area (Å²) in [6, 6.07) is 4.24. The Bertz CT molecular complexity index is 333. The summed E-state index contributed by atoms with van der Waals surface area (Å²) in [5.74, 6) is -0.0151. The highest BCUT2D eigenvalue weighted by Crippen LogP contribution is 2.25. The van der Waals surface area contributed by atoms with E-state index in [9.17, 15) is 13.6 Å². The van der Waals surface area contributed by atoms with Crippen molar-refractivity contribution in [3.8, 4) is 5.75 Å². The maximum Gasteiger partial charge on any atom is 0.387 e. The summed E-state index contributed by atoms with van der Waals surface area (Å²) in [7, 11) is 0. The molecule has 0 aromatic heterocycles. The van der Waals surface area contributed by atoms with E-state index in [1.807, 2.05) is 0 Å². The van der Waals surface area contributed by atoms with Crippen molar-refractivity contribution in [2.24, 2.45) is 0 Å². The fourth-order valence-corrected chi connectivity index (χ4v) is 1.36. The predicted octanol–water partition coefficient (Wildman–Crippen LogP) is 2.62. The number of amides is 1. The number of anilines is 1. The molecule has 0 saturated carbocycles. The second-order valence-corrected chi connectivity index (χ2v) is 3.23. The van der Waals surface area contributed by atoms with Crippen molar-refractivity contribution < 1.29 is 18.3 Å². The third-order valence-corrected chi connectivity index (χ3v) is 1.78. The fraction of sp³-hybridized carbons (Fsp3) is 0.125. The van der Waals surface area contributed by atoms with E-state index in [1.54, 1.807) is 6.07 Å². The van der Waals surface area contributed by atoms with Crippen molar-refractivity contribution >= 4 is 28.0 Å². The van der Waals surface area contributed by atoms with Gasteiger partial charge in [0.1, 0.15) is 5.75 Å².